The first-order chi connectivity index (χ1) is 15.9. The molecule has 0 saturated carbocycles. The first-order valence-corrected chi connectivity index (χ1v) is 11.6. The molecule has 2 aromatic carbocycles. The lowest BCUT2D eigenvalue weighted by Gasteiger charge is -2.32. The Balaban J connectivity index is 1.92. The van der Waals surface area contributed by atoms with E-state index in [4.69, 9.17) is 0 Å². The van der Waals surface area contributed by atoms with Crippen LogP contribution in [0.5, 0.6) is 0 Å². The van der Waals surface area contributed by atoms with Gasteiger partial charge in [0.15, 0.2) is 9.84 Å². The normalized spacial score (nSPS) is 16.7. The van der Waals surface area contributed by atoms with Crippen molar-refractivity contribution in [1.29, 1.82) is 0 Å². The van der Waals surface area contributed by atoms with Crippen LogP contribution in [0.3, 0.4) is 0 Å². The summed E-state index contributed by atoms with van der Waals surface area (Å²) in [5, 5.41) is 11.8. The van der Waals surface area contributed by atoms with Crippen molar-refractivity contribution in [3.05, 3.63) is 59.2 Å². The van der Waals surface area contributed by atoms with Gasteiger partial charge in [-0.2, -0.15) is 26.3 Å². The fraction of sp³-hybridized carbons (Fsp3) is 0.333. The molecular weight excluding hydrogens is 506 g/mol. The number of carbonyl (C=O) groups excluding carboxylic acids is 2. The van der Waals surface area contributed by atoms with E-state index in [1.54, 1.807) is 0 Å². The number of carbonyl (C=O) groups is 2. The third kappa shape index (κ3) is 4.72. The topological polar surface area (TPSA) is 104 Å². The van der Waals surface area contributed by atoms with Crippen molar-refractivity contribution in [2.45, 2.75) is 42.4 Å². The van der Waals surface area contributed by atoms with Crippen LogP contribution in [0.15, 0.2) is 47.4 Å². The third-order valence-corrected chi connectivity index (χ3v) is 6.64. The van der Waals surface area contributed by atoms with Crippen molar-refractivity contribution < 1.29 is 49.5 Å². The van der Waals surface area contributed by atoms with Crippen molar-refractivity contribution in [1.82, 2.24) is 4.90 Å². The van der Waals surface area contributed by atoms with Gasteiger partial charge in [0.2, 0.25) is 5.91 Å². The summed E-state index contributed by atoms with van der Waals surface area (Å²) in [6, 6.07) is 4.94. The summed E-state index contributed by atoms with van der Waals surface area (Å²) in [5.74, 6) is -1.36. The molecule has 1 unspecified atom stereocenters. The van der Waals surface area contributed by atoms with E-state index in [2.05, 4.69) is 5.32 Å². The number of halogens is 6. The molecule has 0 aromatic heterocycles. The van der Waals surface area contributed by atoms with Gasteiger partial charge in [0.1, 0.15) is 6.04 Å². The van der Waals surface area contributed by atoms with Gasteiger partial charge >= 0.3 is 12.4 Å². The predicted octanol–water partition coefficient (Wildman–Crippen LogP) is 3.44. The van der Waals surface area contributed by atoms with Crippen LogP contribution in [-0.2, 0) is 31.6 Å². The molecule has 3 rings (SSSR count). The second kappa shape index (κ2) is 8.52. The first-order valence-electron chi connectivity index (χ1n) is 9.75. The molecule has 7 nitrogen and oxygen atoms in total. The number of benzene rings is 2. The summed E-state index contributed by atoms with van der Waals surface area (Å²) < 4.78 is 102. The molecule has 0 bridgehead atoms. The fourth-order valence-electron chi connectivity index (χ4n) is 3.73. The molecule has 1 aliphatic heterocycles. The van der Waals surface area contributed by atoms with E-state index in [-0.39, 0.29) is 17.1 Å². The van der Waals surface area contributed by atoms with Gasteiger partial charge in [0.25, 0.3) is 11.5 Å². The molecule has 0 spiro atoms. The number of hydrogen-bond acceptors (Lipinski definition) is 5. The second-order valence-corrected chi connectivity index (χ2v) is 9.97. The van der Waals surface area contributed by atoms with Gasteiger partial charge in [-0.15, -0.1) is 0 Å². The zero-order chi connectivity index (χ0) is 26.6. The Morgan fingerprint density at radius 3 is 2.00 bits per heavy atom. The number of alkyl halides is 6. The van der Waals surface area contributed by atoms with E-state index in [0.717, 1.165) is 23.3 Å². The predicted molar refractivity (Wildman–Crippen MR) is 110 cm³/mol. The molecule has 1 aliphatic rings. The lowest BCUT2D eigenvalue weighted by molar-refractivity contribution is -0.376. The van der Waals surface area contributed by atoms with Crippen LogP contribution < -0.4 is 5.32 Å². The van der Waals surface area contributed by atoms with Gasteiger partial charge in [0, 0.05) is 31.0 Å². The van der Waals surface area contributed by atoms with Gasteiger partial charge in [-0.05, 0) is 35.4 Å². The van der Waals surface area contributed by atoms with Gasteiger partial charge in [-0.25, -0.2) is 8.42 Å². The second-order valence-electron chi connectivity index (χ2n) is 7.95. The standard InChI is InChI=1S/C21H18F6N2O5S/c1-11(30)29-10-12-9-15(35(2,33)34)7-8-16(12)17(29)18(31)28-14-5-3-13(4-6-14)19(32,20(22,23)24)21(25,26)27/h3-9,17,32H,10H2,1-2H3,(H,28,31). The van der Waals surface area contributed by atoms with Crippen molar-refractivity contribution >= 4 is 27.3 Å². The molecule has 190 valence electrons. The van der Waals surface area contributed by atoms with E-state index >= 15 is 0 Å². The number of anilines is 1. The van der Waals surface area contributed by atoms with Crippen LogP contribution in [0.25, 0.3) is 0 Å². The van der Waals surface area contributed by atoms with Crippen molar-refractivity contribution in [2.24, 2.45) is 0 Å². The Labute approximate surface area is 195 Å². The molecule has 1 atom stereocenters. The van der Waals surface area contributed by atoms with Crippen LogP contribution >= 0.6 is 0 Å². The first kappa shape index (κ1) is 26.5. The van der Waals surface area contributed by atoms with Crippen LogP contribution in [-0.4, -0.2) is 48.8 Å². The van der Waals surface area contributed by atoms with Crippen LogP contribution in [0.2, 0.25) is 0 Å². The number of hydrogen-bond donors (Lipinski definition) is 2. The number of rotatable bonds is 4. The summed E-state index contributed by atoms with van der Waals surface area (Å²) in [6.45, 7) is 1.09. The highest BCUT2D eigenvalue weighted by Gasteiger charge is 2.71. The molecule has 35 heavy (non-hydrogen) atoms. The van der Waals surface area contributed by atoms with E-state index in [1.807, 2.05) is 0 Å². The SMILES string of the molecule is CC(=O)N1Cc2cc(S(C)(=O)=O)ccc2C1C(=O)Nc1ccc(C(O)(C(F)(F)F)C(F)(F)F)cc1. The van der Waals surface area contributed by atoms with Crippen molar-refractivity contribution in [2.75, 3.05) is 11.6 Å². The average molecular weight is 524 g/mol. The van der Waals surface area contributed by atoms with Crippen molar-refractivity contribution in [3.63, 3.8) is 0 Å². The minimum atomic E-state index is -6.06. The summed E-state index contributed by atoms with van der Waals surface area (Å²) in [7, 11) is -3.57. The van der Waals surface area contributed by atoms with E-state index < -0.39 is 51.2 Å². The average Bonchev–Trinajstić information content (AvgIpc) is 3.10. The molecule has 0 saturated heterocycles. The number of fused-ring (bicyclic) bond motifs is 1. The molecule has 2 amide bonds. The maximum Gasteiger partial charge on any atom is 0.430 e. The van der Waals surface area contributed by atoms with Crippen LogP contribution in [0.1, 0.15) is 29.7 Å². The Morgan fingerprint density at radius 1 is 1.00 bits per heavy atom. The van der Waals surface area contributed by atoms with Crippen molar-refractivity contribution in [3.8, 4) is 0 Å². The molecule has 0 fully saturated rings. The maximum atomic E-state index is 13.0. The fourth-order valence-corrected chi connectivity index (χ4v) is 4.40. The zero-order valence-corrected chi connectivity index (χ0v) is 18.8. The molecule has 0 radical (unpaired) electrons. The number of aliphatic hydroxyl groups is 1. The summed E-state index contributed by atoms with van der Waals surface area (Å²) in [4.78, 5) is 26.1. The number of nitrogens with one attached hydrogen (secondary N) is 1. The largest absolute Gasteiger partial charge is 0.430 e. The highest BCUT2D eigenvalue weighted by molar-refractivity contribution is 7.90. The maximum absolute atomic E-state index is 13.0. The Hall–Kier alpha value is -3.13. The van der Waals surface area contributed by atoms with Gasteiger partial charge in [-0.1, -0.05) is 18.2 Å². The summed E-state index contributed by atoms with van der Waals surface area (Å²) in [5.41, 5.74) is -6.12. The monoisotopic (exact) mass is 524 g/mol. The Morgan fingerprint density at radius 2 is 1.54 bits per heavy atom. The minimum absolute atomic E-state index is 0.0294. The van der Waals surface area contributed by atoms with E-state index in [9.17, 15) is 49.5 Å². The summed E-state index contributed by atoms with van der Waals surface area (Å²) >= 11 is 0. The number of sulfone groups is 1. The number of nitrogens with zero attached hydrogens (tertiary/aromatic N) is 1. The molecular formula is C21H18F6N2O5S. The highest BCUT2D eigenvalue weighted by atomic mass is 32.2. The third-order valence-electron chi connectivity index (χ3n) is 5.53. The molecule has 1 heterocycles. The quantitative estimate of drug-likeness (QED) is 0.597. The highest BCUT2D eigenvalue weighted by Crippen LogP contribution is 2.50. The molecule has 0 aliphatic carbocycles. The van der Waals surface area contributed by atoms with Gasteiger partial charge < -0.3 is 15.3 Å². The molecule has 2 N–H and O–H groups in total. The number of amides is 2. The molecule has 14 heteroatoms. The lowest BCUT2D eigenvalue weighted by Crippen LogP contribution is -2.53. The van der Waals surface area contributed by atoms with E-state index in [0.29, 0.717) is 23.3 Å². The smallest absolute Gasteiger partial charge is 0.369 e. The zero-order valence-electron chi connectivity index (χ0n) is 18.0. The van der Waals surface area contributed by atoms with E-state index in [1.165, 1.54) is 25.1 Å². The lowest BCUT2D eigenvalue weighted by atomic mass is 9.92. The summed E-state index contributed by atoms with van der Waals surface area (Å²) in [6.07, 6.45) is -11.1. The Bertz CT molecular complexity index is 1260. The van der Waals surface area contributed by atoms with Crippen LogP contribution in [0, 0.1) is 0 Å². The minimum Gasteiger partial charge on any atom is -0.369 e. The Kier molecular flexibility index (Phi) is 6.44. The van der Waals surface area contributed by atoms with Gasteiger partial charge in [-0.3, -0.25) is 9.59 Å². The van der Waals surface area contributed by atoms with Gasteiger partial charge in [0.05, 0.1) is 4.90 Å². The molecule has 2 aromatic rings. The van der Waals surface area contributed by atoms with Crippen LogP contribution in [0.4, 0.5) is 32.0 Å².